The molecule has 0 N–H and O–H groups in total. The molecule has 0 atom stereocenters. The van der Waals surface area contributed by atoms with Gasteiger partial charge in [-0.05, 0) is 6.92 Å². The van der Waals surface area contributed by atoms with Crippen molar-refractivity contribution in [2.24, 2.45) is 0 Å². The summed E-state index contributed by atoms with van der Waals surface area (Å²) in [5.41, 5.74) is 0.480. The molecule has 2 heterocycles. The molecular formula is C10H15N3O3. The third-order valence-corrected chi connectivity index (χ3v) is 2.36. The summed E-state index contributed by atoms with van der Waals surface area (Å²) < 4.78 is 10.1. The van der Waals surface area contributed by atoms with Gasteiger partial charge in [0, 0.05) is 0 Å². The van der Waals surface area contributed by atoms with E-state index in [1.807, 2.05) is 5.01 Å². The lowest BCUT2D eigenvalue weighted by Gasteiger charge is -2.28. The average Bonchev–Trinajstić information content (AvgIpc) is 2.80. The summed E-state index contributed by atoms with van der Waals surface area (Å²) >= 11 is 0. The molecule has 0 radical (unpaired) electrons. The second-order valence-electron chi connectivity index (χ2n) is 3.44. The molecule has 0 aromatic carbocycles. The van der Waals surface area contributed by atoms with E-state index in [-0.39, 0.29) is 5.97 Å². The Kier molecular flexibility index (Phi) is 3.40. The number of esters is 1. The Balaban J connectivity index is 2.03. The van der Waals surface area contributed by atoms with Gasteiger partial charge in [-0.15, -0.1) is 0 Å². The van der Waals surface area contributed by atoms with Crippen LogP contribution in [0.4, 0.5) is 0 Å². The highest BCUT2D eigenvalue weighted by Gasteiger charge is 2.14. The number of carbonyl (C=O) groups is 1. The van der Waals surface area contributed by atoms with Crippen molar-refractivity contribution in [1.29, 1.82) is 0 Å². The summed E-state index contributed by atoms with van der Waals surface area (Å²) in [4.78, 5) is 13.1. The molecule has 0 aliphatic carbocycles. The summed E-state index contributed by atoms with van der Waals surface area (Å²) in [7, 11) is 0. The van der Waals surface area contributed by atoms with Crippen molar-refractivity contribution < 1.29 is 14.3 Å². The van der Waals surface area contributed by atoms with Gasteiger partial charge in [-0.1, -0.05) is 0 Å². The molecule has 1 aliphatic heterocycles. The lowest BCUT2D eigenvalue weighted by molar-refractivity contribution is 0.0526. The van der Waals surface area contributed by atoms with Crippen molar-refractivity contribution in [2.75, 3.05) is 37.9 Å². The van der Waals surface area contributed by atoms with E-state index in [1.54, 1.807) is 17.9 Å². The topological polar surface area (TPSA) is 56.6 Å². The third-order valence-electron chi connectivity index (χ3n) is 2.36. The smallest absolute Gasteiger partial charge is 0.341 e. The Labute approximate surface area is 93.7 Å². The van der Waals surface area contributed by atoms with Crippen LogP contribution >= 0.6 is 0 Å². The quantitative estimate of drug-likeness (QED) is 0.679. The van der Waals surface area contributed by atoms with Crippen LogP contribution < -0.4 is 5.01 Å². The first-order valence-electron chi connectivity index (χ1n) is 5.36. The highest BCUT2D eigenvalue weighted by molar-refractivity contribution is 5.88. The Morgan fingerprint density at radius 1 is 1.56 bits per heavy atom. The predicted octanol–water partition coefficient (Wildman–Crippen LogP) is 0.0280. The molecule has 0 unspecified atom stereocenters. The summed E-state index contributed by atoms with van der Waals surface area (Å²) in [5.74, 6) is -0.331. The normalized spacial score (nSPS) is 16.2. The largest absolute Gasteiger partial charge is 0.462 e. The van der Waals surface area contributed by atoms with Gasteiger partial charge in [0.05, 0.1) is 50.9 Å². The van der Waals surface area contributed by atoms with E-state index in [9.17, 15) is 4.79 Å². The molecule has 0 bridgehead atoms. The van der Waals surface area contributed by atoms with E-state index in [0.29, 0.717) is 25.4 Å². The van der Waals surface area contributed by atoms with Gasteiger partial charge in [0.25, 0.3) is 0 Å². The molecule has 2 rings (SSSR count). The minimum atomic E-state index is -0.331. The van der Waals surface area contributed by atoms with Crippen LogP contribution in [0.3, 0.4) is 0 Å². The fourth-order valence-corrected chi connectivity index (χ4v) is 1.55. The molecular weight excluding hydrogens is 210 g/mol. The van der Waals surface area contributed by atoms with Crippen LogP contribution in [0.1, 0.15) is 17.3 Å². The van der Waals surface area contributed by atoms with E-state index >= 15 is 0 Å². The van der Waals surface area contributed by atoms with Crippen LogP contribution in [0.5, 0.6) is 0 Å². The van der Waals surface area contributed by atoms with Gasteiger partial charge >= 0.3 is 5.97 Å². The predicted molar refractivity (Wildman–Crippen MR) is 57.0 cm³/mol. The van der Waals surface area contributed by atoms with Crippen molar-refractivity contribution in [3.8, 4) is 0 Å². The molecule has 1 saturated heterocycles. The van der Waals surface area contributed by atoms with Crippen LogP contribution in [0.25, 0.3) is 0 Å². The fraction of sp³-hybridized carbons (Fsp3) is 0.600. The van der Waals surface area contributed by atoms with Crippen LogP contribution in [0.2, 0.25) is 0 Å². The van der Waals surface area contributed by atoms with Gasteiger partial charge in [0.2, 0.25) is 0 Å². The van der Waals surface area contributed by atoms with Crippen molar-refractivity contribution in [3.63, 3.8) is 0 Å². The number of morpholine rings is 1. The second kappa shape index (κ2) is 4.98. The maximum absolute atomic E-state index is 11.4. The Bertz CT molecular complexity index is 358. The number of hydrogen-bond donors (Lipinski definition) is 0. The summed E-state index contributed by atoms with van der Waals surface area (Å²) in [6.07, 6.45) is 3.21. The molecule has 0 amide bonds. The van der Waals surface area contributed by atoms with Gasteiger partial charge < -0.3 is 9.47 Å². The molecule has 16 heavy (non-hydrogen) atoms. The lowest BCUT2D eigenvalue weighted by Crippen LogP contribution is -2.44. The molecule has 1 aromatic rings. The van der Waals surface area contributed by atoms with Crippen molar-refractivity contribution >= 4 is 5.97 Å². The number of carbonyl (C=O) groups excluding carboxylic acids is 1. The van der Waals surface area contributed by atoms with Crippen molar-refractivity contribution in [3.05, 3.63) is 18.0 Å². The van der Waals surface area contributed by atoms with Crippen LogP contribution in [-0.2, 0) is 9.47 Å². The van der Waals surface area contributed by atoms with Gasteiger partial charge in [0.1, 0.15) is 0 Å². The summed E-state index contributed by atoms with van der Waals surface area (Å²) in [6.45, 7) is 5.10. The molecule has 6 nitrogen and oxygen atoms in total. The Morgan fingerprint density at radius 2 is 2.31 bits per heavy atom. The number of aromatic nitrogens is 2. The van der Waals surface area contributed by atoms with Crippen LogP contribution in [0, 0.1) is 0 Å². The molecule has 1 aromatic heterocycles. The first kappa shape index (κ1) is 10.9. The van der Waals surface area contributed by atoms with Gasteiger partial charge in [-0.3, -0.25) is 5.01 Å². The maximum Gasteiger partial charge on any atom is 0.341 e. The molecule has 6 heteroatoms. The van der Waals surface area contributed by atoms with E-state index in [0.717, 1.165) is 13.1 Å². The van der Waals surface area contributed by atoms with E-state index in [1.165, 1.54) is 6.20 Å². The van der Waals surface area contributed by atoms with Gasteiger partial charge in [-0.25, -0.2) is 4.79 Å². The summed E-state index contributed by atoms with van der Waals surface area (Å²) in [5, 5.41) is 6.15. The van der Waals surface area contributed by atoms with Gasteiger partial charge in [-0.2, -0.15) is 9.89 Å². The number of hydrogen-bond acceptors (Lipinski definition) is 5. The number of rotatable bonds is 3. The van der Waals surface area contributed by atoms with Crippen molar-refractivity contribution in [1.82, 2.24) is 9.89 Å². The summed E-state index contributed by atoms with van der Waals surface area (Å²) in [6, 6.07) is 0. The fourth-order valence-electron chi connectivity index (χ4n) is 1.55. The van der Waals surface area contributed by atoms with Gasteiger partial charge in [0.15, 0.2) is 0 Å². The van der Waals surface area contributed by atoms with Crippen molar-refractivity contribution in [2.45, 2.75) is 6.92 Å². The Morgan fingerprint density at radius 3 is 3.00 bits per heavy atom. The highest BCUT2D eigenvalue weighted by atomic mass is 16.5. The minimum absolute atomic E-state index is 0.331. The number of ether oxygens (including phenoxy) is 2. The molecule has 1 aliphatic rings. The molecule has 1 fully saturated rings. The van der Waals surface area contributed by atoms with Crippen LogP contribution in [0.15, 0.2) is 12.4 Å². The standard InChI is InChI=1S/C10H15N3O3/c1-2-16-10(14)9-7-11-13(8-9)12-3-5-15-6-4-12/h7-8H,2-6H2,1H3. The molecule has 0 saturated carbocycles. The zero-order valence-corrected chi connectivity index (χ0v) is 9.26. The first-order chi connectivity index (χ1) is 7.81. The van der Waals surface area contributed by atoms with E-state index < -0.39 is 0 Å². The third kappa shape index (κ3) is 2.33. The minimum Gasteiger partial charge on any atom is -0.462 e. The SMILES string of the molecule is CCOC(=O)c1cnn(N2CCOCC2)c1. The second-order valence-corrected chi connectivity index (χ2v) is 3.44. The molecule has 0 spiro atoms. The zero-order valence-electron chi connectivity index (χ0n) is 9.26. The van der Waals surface area contributed by atoms with Crippen LogP contribution in [-0.4, -0.2) is 48.8 Å². The van der Waals surface area contributed by atoms with E-state index in [4.69, 9.17) is 9.47 Å². The van der Waals surface area contributed by atoms with E-state index in [2.05, 4.69) is 5.10 Å². The first-order valence-corrected chi connectivity index (χ1v) is 5.36. The lowest BCUT2D eigenvalue weighted by atomic mass is 10.4. The monoisotopic (exact) mass is 225 g/mol. The zero-order chi connectivity index (χ0) is 11.4. The highest BCUT2D eigenvalue weighted by Crippen LogP contribution is 2.03. The Hall–Kier alpha value is -1.56. The molecule has 88 valence electrons. The number of nitrogens with zero attached hydrogens (tertiary/aromatic N) is 3. The average molecular weight is 225 g/mol. The maximum atomic E-state index is 11.4.